The largest absolute Gasteiger partial charge is 0.508 e. The highest BCUT2D eigenvalue weighted by Gasteiger charge is 2.09. The molecule has 0 bridgehead atoms. The monoisotopic (exact) mass is 319 g/mol. The highest BCUT2D eigenvalue weighted by molar-refractivity contribution is 9.10. The van der Waals surface area contributed by atoms with Crippen molar-refractivity contribution in [3.63, 3.8) is 0 Å². The number of phenols is 1. The molecule has 100 valence electrons. The van der Waals surface area contributed by atoms with E-state index in [0.29, 0.717) is 12.3 Å². The van der Waals surface area contributed by atoms with Crippen LogP contribution in [0, 0.1) is 6.92 Å². The summed E-state index contributed by atoms with van der Waals surface area (Å²) in [7, 11) is 0. The van der Waals surface area contributed by atoms with E-state index in [1.165, 1.54) is 5.56 Å². The van der Waals surface area contributed by atoms with Crippen LogP contribution in [-0.2, 0) is 6.54 Å². The summed E-state index contributed by atoms with van der Waals surface area (Å²) in [6.07, 6.45) is 0. The molecule has 0 aliphatic rings. The molecule has 0 radical (unpaired) electrons. The SMILES string of the molecule is Cc1ccc(O)c(CNC(C)c2ccccc2Br)c1. The number of phenolic OH excluding ortho intramolecular Hbond substituents is 1. The Bertz CT molecular complexity index is 568. The second-order valence-corrected chi connectivity index (χ2v) is 5.61. The van der Waals surface area contributed by atoms with Crippen LogP contribution in [0.15, 0.2) is 46.9 Å². The van der Waals surface area contributed by atoms with Crippen molar-refractivity contribution in [1.29, 1.82) is 0 Å². The second-order valence-electron chi connectivity index (χ2n) is 4.76. The van der Waals surface area contributed by atoms with E-state index in [-0.39, 0.29) is 6.04 Å². The molecule has 0 heterocycles. The smallest absolute Gasteiger partial charge is 0.120 e. The molecule has 3 heteroatoms. The van der Waals surface area contributed by atoms with Gasteiger partial charge in [-0.15, -0.1) is 0 Å². The fourth-order valence-electron chi connectivity index (χ4n) is 2.06. The van der Waals surface area contributed by atoms with Crippen molar-refractivity contribution in [2.24, 2.45) is 0 Å². The van der Waals surface area contributed by atoms with Crippen LogP contribution in [0.2, 0.25) is 0 Å². The van der Waals surface area contributed by atoms with Crippen molar-refractivity contribution in [2.75, 3.05) is 0 Å². The van der Waals surface area contributed by atoms with E-state index in [0.717, 1.165) is 15.6 Å². The average Bonchev–Trinajstić information content (AvgIpc) is 2.40. The van der Waals surface area contributed by atoms with Crippen LogP contribution in [0.25, 0.3) is 0 Å². The zero-order chi connectivity index (χ0) is 13.8. The topological polar surface area (TPSA) is 32.3 Å². The summed E-state index contributed by atoms with van der Waals surface area (Å²) in [5.74, 6) is 0.345. The molecule has 1 unspecified atom stereocenters. The molecule has 2 N–H and O–H groups in total. The Labute approximate surface area is 122 Å². The molecule has 1 atom stereocenters. The van der Waals surface area contributed by atoms with Crippen molar-refractivity contribution in [2.45, 2.75) is 26.4 Å². The highest BCUT2D eigenvalue weighted by atomic mass is 79.9. The first-order chi connectivity index (χ1) is 9.08. The minimum absolute atomic E-state index is 0.218. The molecule has 0 saturated heterocycles. The average molecular weight is 320 g/mol. The first kappa shape index (κ1) is 14.1. The Morgan fingerprint density at radius 3 is 2.68 bits per heavy atom. The van der Waals surface area contributed by atoms with Gasteiger partial charge in [0.2, 0.25) is 0 Å². The van der Waals surface area contributed by atoms with Gasteiger partial charge in [0.15, 0.2) is 0 Å². The summed E-state index contributed by atoms with van der Waals surface area (Å²) in [4.78, 5) is 0. The molecule has 0 spiro atoms. The summed E-state index contributed by atoms with van der Waals surface area (Å²) >= 11 is 3.56. The Balaban J connectivity index is 2.06. The van der Waals surface area contributed by atoms with Gasteiger partial charge < -0.3 is 10.4 Å². The van der Waals surface area contributed by atoms with Gasteiger partial charge in [-0.25, -0.2) is 0 Å². The first-order valence-electron chi connectivity index (χ1n) is 6.34. The number of rotatable bonds is 4. The van der Waals surface area contributed by atoms with E-state index >= 15 is 0 Å². The first-order valence-corrected chi connectivity index (χ1v) is 7.13. The molecule has 0 saturated carbocycles. The number of aryl methyl sites for hydroxylation is 1. The molecule has 0 fully saturated rings. The lowest BCUT2D eigenvalue weighted by atomic mass is 10.1. The van der Waals surface area contributed by atoms with E-state index < -0.39 is 0 Å². The Hall–Kier alpha value is -1.32. The second kappa shape index (κ2) is 6.22. The van der Waals surface area contributed by atoms with Crippen molar-refractivity contribution < 1.29 is 5.11 Å². The molecule has 0 aliphatic heterocycles. The predicted molar refractivity (Wildman–Crippen MR) is 82.2 cm³/mol. The summed E-state index contributed by atoms with van der Waals surface area (Å²) in [5, 5.41) is 13.3. The summed E-state index contributed by atoms with van der Waals surface area (Å²) in [5.41, 5.74) is 3.30. The van der Waals surface area contributed by atoms with Crippen LogP contribution >= 0.6 is 15.9 Å². The predicted octanol–water partition coefficient (Wildman–Crippen LogP) is 4.31. The maximum atomic E-state index is 9.82. The highest BCUT2D eigenvalue weighted by Crippen LogP contribution is 2.24. The molecule has 0 aliphatic carbocycles. The van der Waals surface area contributed by atoms with Gasteiger partial charge in [0.05, 0.1) is 0 Å². The lowest BCUT2D eigenvalue weighted by Crippen LogP contribution is -2.18. The quantitative estimate of drug-likeness (QED) is 0.879. The lowest BCUT2D eigenvalue weighted by Gasteiger charge is -2.16. The maximum absolute atomic E-state index is 9.82. The molecule has 0 amide bonds. The van der Waals surface area contributed by atoms with Gasteiger partial charge in [-0.05, 0) is 31.5 Å². The maximum Gasteiger partial charge on any atom is 0.120 e. The number of benzene rings is 2. The van der Waals surface area contributed by atoms with Crippen molar-refractivity contribution in [3.05, 3.63) is 63.6 Å². The van der Waals surface area contributed by atoms with Gasteiger partial charge in [0.25, 0.3) is 0 Å². The van der Waals surface area contributed by atoms with E-state index in [1.54, 1.807) is 6.07 Å². The molecule has 2 nitrogen and oxygen atoms in total. The Morgan fingerprint density at radius 1 is 1.21 bits per heavy atom. The fraction of sp³-hybridized carbons (Fsp3) is 0.250. The molecular formula is C16H18BrNO. The zero-order valence-corrected chi connectivity index (χ0v) is 12.7. The normalized spacial score (nSPS) is 12.4. The minimum atomic E-state index is 0.218. The molecule has 2 aromatic rings. The van der Waals surface area contributed by atoms with Gasteiger partial charge in [-0.1, -0.05) is 51.8 Å². The van der Waals surface area contributed by atoms with Gasteiger partial charge in [0.1, 0.15) is 5.75 Å². The molecule has 2 rings (SSSR count). The van der Waals surface area contributed by atoms with Gasteiger partial charge in [-0.3, -0.25) is 0 Å². The van der Waals surface area contributed by atoms with E-state index in [4.69, 9.17) is 0 Å². The Morgan fingerprint density at radius 2 is 1.95 bits per heavy atom. The summed E-state index contributed by atoms with van der Waals surface area (Å²) in [6, 6.07) is 14.1. The van der Waals surface area contributed by atoms with Crippen LogP contribution in [0.3, 0.4) is 0 Å². The number of hydrogen-bond acceptors (Lipinski definition) is 2. The van der Waals surface area contributed by atoms with Gasteiger partial charge >= 0.3 is 0 Å². The zero-order valence-electron chi connectivity index (χ0n) is 11.2. The van der Waals surface area contributed by atoms with Gasteiger partial charge in [-0.2, -0.15) is 0 Å². The van der Waals surface area contributed by atoms with Crippen molar-refractivity contribution in [1.82, 2.24) is 5.32 Å². The third-order valence-corrected chi connectivity index (χ3v) is 3.93. The van der Waals surface area contributed by atoms with Crippen molar-refractivity contribution >= 4 is 15.9 Å². The summed E-state index contributed by atoms with van der Waals surface area (Å²) in [6.45, 7) is 4.79. The standard InChI is InChI=1S/C16H18BrNO/c1-11-7-8-16(19)13(9-11)10-18-12(2)14-5-3-4-6-15(14)17/h3-9,12,18-19H,10H2,1-2H3. The summed E-state index contributed by atoms with van der Waals surface area (Å²) < 4.78 is 1.10. The van der Waals surface area contributed by atoms with E-state index in [9.17, 15) is 5.11 Å². The molecule has 2 aromatic carbocycles. The number of hydrogen-bond donors (Lipinski definition) is 2. The van der Waals surface area contributed by atoms with Crippen LogP contribution in [0.4, 0.5) is 0 Å². The van der Waals surface area contributed by atoms with Crippen LogP contribution < -0.4 is 5.32 Å². The third-order valence-electron chi connectivity index (χ3n) is 3.21. The van der Waals surface area contributed by atoms with E-state index in [2.05, 4.69) is 34.2 Å². The molecular weight excluding hydrogens is 302 g/mol. The number of nitrogens with one attached hydrogen (secondary N) is 1. The lowest BCUT2D eigenvalue weighted by molar-refractivity contribution is 0.460. The van der Waals surface area contributed by atoms with Crippen molar-refractivity contribution in [3.8, 4) is 5.75 Å². The van der Waals surface area contributed by atoms with Gasteiger partial charge in [0, 0.05) is 22.6 Å². The van der Waals surface area contributed by atoms with Crippen LogP contribution in [0.1, 0.15) is 29.7 Å². The fourth-order valence-corrected chi connectivity index (χ4v) is 2.68. The number of halogens is 1. The van der Waals surface area contributed by atoms with Crippen LogP contribution in [0.5, 0.6) is 5.75 Å². The molecule has 0 aromatic heterocycles. The number of aromatic hydroxyl groups is 1. The minimum Gasteiger partial charge on any atom is -0.508 e. The van der Waals surface area contributed by atoms with E-state index in [1.807, 2.05) is 37.3 Å². The third kappa shape index (κ3) is 3.58. The Kier molecular flexibility index (Phi) is 4.61. The van der Waals surface area contributed by atoms with Crippen LogP contribution in [-0.4, -0.2) is 5.11 Å². The molecule has 19 heavy (non-hydrogen) atoms.